The molecule has 0 saturated heterocycles. The highest BCUT2D eigenvalue weighted by molar-refractivity contribution is 6.30. The number of hydrogen-bond donors (Lipinski definition) is 2. The van der Waals surface area contributed by atoms with Gasteiger partial charge in [-0.1, -0.05) is 45.2 Å². The van der Waals surface area contributed by atoms with Gasteiger partial charge in [0, 0.05) is 11.5 Å². The summed E-state index contributed by atoms with van der Waals surface area (Å²) in [6.07, 6.45) is 4.28. The molecule has 2 N–H and O–H groups in total. The highest BCUT2D eigenvalue weighted by Crippen LogP contribution is 2.36. The molecule has 0 spiro atoms. The van der Waals surface area contributed by atoms with Crippen molar-refractivity contribution in [3.63, 3.8) is 0 Å². The fourth-order valence-electron chi connectivity index (χ4n) is 3.09. The van der Waals surface area contributed by atoms with Gasteiger partial charge in [0.25, 0.3) is 0 Å². The van der Waals surface area contributed by atoms with Gasteiger partial charge in [0.1, 0.15) is 16.8 Å². The van der Waals surface area contributed by atoms with Crippen LogP contribution in [0.5, 0.6) is 0 Å². The second-order valence-corrected chi connectivity index (χ2v) is 7.12. The summed E-state index contributed by atoms with van der Waals surface area (Å²) in [7, 11) is 0. The van der Waals surface area contributed by atoms with Crippen LogP contribution < -0.4 is 5.32 Å². The third-order valence-corrected chi connectivity index (χ3v) is 4.77. The maximum atomic E-state index is 9.92. The molecule has 1 aliphatic carbocycles. The maximum Gasteiger partial charge on any atom is 0.137 e. The summed E-state index contributed by atoms with van der Waals surface area (Å²) in [5.74, 6) is 2.34. The molecule has 1 heterocycles. The summed E-state index contributed by atoms with van der Waals surface area (Å²) >= 11 is 6.24. The summed E-state index contributed by atoms with van der Waals surface area (Å²) in [4.78, 5) is 8.97. The molecule has 0 bridgehead atoms. The Morgan fingerprint density at radius 3 is 2.71 bits per heavy atom. The fraction of sp³-hybridized carbons (Fsp3) is 0.750. The van der Waals surface area contributed by atoms with Crippen LogP contribution in [0.2, 0.25) is 5.15 Å². The van der Waals surface area contributed by atoms with Crippen molar-refractivity contribution in [3.8, 4) is 0 Å². The van der Waals surface area contributed by atoms with Crippen LogP contribution in [0.25, 0.3) is 0 Å². The van der Waals surface area contributed by atoms with Gasteiger partial charge in [0.2, 0.25) is 0 Å². The number of rotatable bonds is 4. The van der Waals surface area contributed by atoms with Crippen molar-refractivity contribution >= 4 is 17.4 Å². The third-order valence-electron chi connectivity index (χ3n) is 4.40. The predicted octanol–water partition coefficient (Wildman–Crippen LogP) is 3.91. The molecule has 0 amide bonds. The molecule has 118 valence electrons. The molecule has 0 radical (unpaired) electrons. The molecule has 4 nitrogen and oxygen atoms in total. The monoisotopic (exact) mass is 311 g/mol. The van der Waals surface area contributed by atoms with Crippen molar-refractivity contribution in [2.45, 2.75) is 64.8 Å². The second kappa shape index (κ2) is 6.49. The highest BCUT2D eigenvalue weighted by Gasteiger charge is 2.35. The van der Waals surface area contributed by atoms with Crippen molar-refractivity contribution in [2.24, 2.45) is 5.92 Å². The lowest BCUT2D eigenvalue weighted by Gasteiger charge is -2.40. The Morgan fingerprint density at radius 2 is 2.14 bits per heavy atom. The number of halogens is 1. The van der Waals surface area contributed by atoms with E-state index in [9.17, 15) is 5.11 Å². The summed E-state index contributed by atoms with van der Waals surface area (Å²) in [5, 5.41) is 13.9. The van der Waals surface area contributed by atoms with Crippen LogP contribution in [-0.4, -0.2) is 27.2 Å². The van der Waals surface area contributed by atoms with Gasteiger partial charge in [-0.15, -0.1) is 0 Å². The van der Waals surface area contributed by atoms with Crippen LogP contribution in [0.15, 0.2) is 0 Å². The average molecular weight is 312 g/mol. The summed E-state index contributed by atoms with van der Waals surface area (Å²) in [6, 6.07) is 0. The van der Waals surface area contributed by atoms with E-state index in [-0.39, 0.29) is 18.1 Å². The molecule has 21 heavy (non-hydrogen) atoms. The minimum absolute atomic E-state index is 0.120. The number of aromatic nitrogens is 2. The Balaban J connectivity index is 2.32. The zero-order valence-corrected chi connectivity index (χ0v) is 14.2. The zero-order valence-electron chi connectivity index (χ0n) is 13.4. The number of hydrogen-bond acceptors (Lipinski definition) is 4. The molecule has 1 fully saturated rings. The van der Waals surface area contributed by atoms with Gasteiger partial charge in [0.05, 0.1) is 12.1 Å². The van der Waals surface area contributed by atoms with E-state index < -0.39 is 0 Å². The molecule has 1 aliphatic rings. The molecule has 0 aromatic carbocycles. The van der Waals surface area contributed by atoms with Gasteiger partial charge < -0.3 is 10.4 Å². The Bertz CT molecular complexity index is 507. The van der Waals surface area contributed by atoms with E-state index in [0.717, 1.165) is 36.5 Å². The smallest absolute Gasteiger partial charge is 0.137 e. The minimum atomic E-state index is -0.283. The summed E-state index contributed by atoms with van der Waals surface area (Å²) in [6.45, 7) is 8.39. The van der Waals surface area contributed by atoms with E-state index in [1.165, 1.54) is 6.42 Å². The van der Waals surface area contributed by atoms with Crippen LogP contribution in [0, 0.1) is 12.8 Å². The lowest BCUT2D eigenvalue weighted by atomic mass is 9.77. The SMILES string of the molecule is Cc1c(Cl)nc(C(C)C)nc1NC1(CO)CCCC(C)C1. The van der Waals surface area contributed by atoms with Crippen LogP contribution >= 0.6 is 11.6 Å². The largest absolute Gasteiger partial charge is 0.394 e. The number of anilines is 1. The number of aliphatic hydroxyl groups is 1. The summed E-state index contributed by atoms with van der Waals surface area (Å²) < 4.78 is 0. The van der Waals surface area contributed by atoms with Crippen molar-refractivity contribution in [3.05, 3.63) is 16.5 Å². The topological polar surface area (TPSA) is 58.0 Å². The number of nitrogens with one attached hydrogen (secondary N) is 1. The molecular formula is C16H26ClN3O. The van der Waals surface area contributed by atoms with Gasteiger partial charge >= 0.3 is 0 Å². The van der Waals surface area contributed by atoms with Crippen LogP contribution in [0.3, 0.4) is 0 Å². The van der Waals surface area contributed by atoms with Gasteiger partial charge in [-0.25, -0.2) is 9.97 Å². The minimum Gasteiger partial charge on any atom is -0.394 e. The van der Waals surface area contributed by atoms with Crippen LogP contribution in [-0.2, 0) is 0 Å². The molecule has 0 aliphatic heterocycles. The van der Waals surface area contributed by atoms with Crippen LogP contribution in [0.4, 0.5) is 5.82 Å². The molecule has 2 atom stereocenters. The third kappa shape index (κ3) is 3.67. The van der Waals surface area contributed by atoms with Crippen molar-refractivity contribution in [1.82, 2.24) is 9.97 Å². The Labute approximate surface area is 132 Å². The van der Waals surface area contributed by atoms with Crippen molar-refractivity contribution in [2.75, 3.05) is 11.9 Å². The zero-order chi connectivity index (χ0) is 15.6. The van der Waals surface area contributed by atoms with E-state index >= 15 is 0 Å². The highest BCUT2D eigenvalue weighted by atomic mass is 35.5. The van der Waals surface area contributed by atoms with Gasteiger partial charge in [-0.2, -0.15) is 0 Å². The van der Waals surface area contributed by atoms with Crippen LogP contribution in [0.1, 0.15) is 63.8 Å². The van der Waals surface area contributed by atoms with E-state index in [2.05, 4.69) is 36.1 Å². The molecule has 2 unspecified atom stereocenters. The maximum absolute atomic E-state index is 9.92. The molecular weight excluding hydrogens is 286 g/mol. The second-order valence-electron chi connectivity index (χ2n) is 6.77. The lowest BCUT2D eigenvalue weighted by molar-refractivity contribution is 0.149. The first kappa shape index (κ1) is 16.5. The summed E-state index contributed by atoms with van der Waals surface area (Å²) in [5.41, 5.74) is 0.570. The van der Waals surface area contributed by atoms with E-state index in [0.29, 0.717) is 11.1 Å². The first-order chi connectivity index (χ1) is 9.87. The normalized spacial score (nSPS) is 26.1. The predicted molar refractivity (Wildman–Crippen MR) is 86.9 cm³/mol. The van der Waals surface area contributed by atoms with Crippen molar-refractivity contribution in [1.29, 1.82) is 0 Å². The van der Waals surface area contributed by atoms with Gasteiger partial charge in [0.15, 0.2) is 0 Å². The first-order valence-corrected chi connectivity index (χ1v) is 8.18. The van der Waals surface area contributed by atoms with E-state index in [1.54, 1.807) is 0 Å². The number of nitrogens with zero attached hydrogens (tertiary/aromatic N) is 2. The molecule has 1 aromatic heterocycles. The standard InChI is InChI=1S/C16H26ClN3O/c1-10(2)14-18-13(17)12(4)15(19-14)20-16(9-21)7-5-6-11(3)8-16/h10-11,21H,5-9H2,1-4H3,(H,18,19,20). The van der Waals surface area contributed by atoms with E-state index in [4.69, 9.17) is 11.6 Å². The average Bonchev–Trinajstić information content (AvgIpc) is 2.43. The first-order valence-electron chi connectivity index (χ1n) is 7.80. The number of aliphatic hydroxyl groups excluding tert-OH is 1. The van der Waals surface area contributed by atoms with E-state index in [1.807, 2.05) is 6.92 Å². The Hall–Kier alpha value is -0.870. The molecule has 1 saturated carbocycles. The van der Waals surface area contributed by atoms with Crippen molar-refractivity contribution < 1.29 is 5.11 Å². The lowest BCUT2D eigenvalue weighted by Crippen LogP contribution is -2.46. The quantitative estimate of drug-likeness (QED) is 0.828. The van der Waals surface area contributed by atoms with Gasteiger partial charge in [-0.3, -0.25) is 0 Å². The Morgan fingerprint density at radius 1 is 1.43 bits per heavy atom. The molecule has 1 aromatic rings. The molecule has 2 rings (SSSR count). The Kier molecular flexibility index (Phi) is 5.10. The molecule has 5 heteroatoms. The fourth-order valence-corrected chi connectivity index (χ4v) is 3.27. The van der Waals surface area contributed by atoms with Gasteiger partial charge in [-0.05, 0) is 25.7 Å².